The van der Waals surface area contributed by atoms with Crippen molar-refractivity contribution in [3.05, 3.63) is 59.2 Å². The van der Waals surface area contributed by atoms with E-state index in [2.05, 4.69) is 10.6 Å². The van der Waals surface area contributed by atoms with Crippen molar-refractivity contribution in [2.24, 2.45) is 0 Å². The van der Waals surface area contributed by atoms with Gasteiger partial charge in [0.25, 0.3) is 5.91 Å². The summed E-state index contributed by atoms with van der Waals surface area (Å²) >= 11 is 0. The maximum atomic E-state index is 12.2. The van der Waals surface area contributed by atoms with Gasteiger partial charge in [0.2, 0.25) is 5.91 Å². The third-order valence-electron chi connectivity index (χ3n) is 3.99. The van der Waals surface area contributed by atoms with E-state index in [0.717, 1.165) is 11.1 Å². The Kier molecular flexibility index (Phi) is 5.73. The lowest BCUT2D eigenvalue weighted by atomic mass is 10.1. The number of rotatable bonds is 6. The maximum absolute atomic E-state index is 12.2. The first-order chi connectivity index (χ1) is 12.7. The van der Waals surface area contributed by atoms with Crippen LogP contribution >= 0.6 is 0 Å². The average molecular weight is 354 g/mol. The molecule has 1 aliphatic rings. The molecule has 0 spiro atoms. The summed E-state index contributed by atoms with van der Waals surface area (Å²) in [4.78, 5) is 24.1. The molecule has 3 rings (SSSR count). The zero-order chi connectivity index (χ0) is 18.4. The van der Waals surface area contributed by atoms with Crippen LogP contribution in [0.5, 0.6) is 11.5 Å². The van der Waals surface area contributed by atoms with E-state index in [1.54, 1.807) is 12.1 Å². The molecular weight excluding hydrogens is 332 g/mol. The van der Waals surface area contributed by atoms with Gasteiger partial charge in [-0.2, -0.15) is 0 Å². The molecule has 0 saturated carbocycles. The first-order valence-electron chi connectivity index (χ1n) is 8.68. The molecule has 0 radical (unpaired) electrons. The molecule has 2 amide bonds. The summed E-state index contributed by atoms with van der Waals surface area (Å²) < 4.78 is 11.0. The number of benzene rings is 2. The molecule has 0 bridgehead atoms. The highest BCUT2D eigenvalue weighted by Crippen LogP contribution is 2.30. The van der Waals surface area contributed by atoms with Gasteiger partial charge in [-0.3, -0.25) is 9.59 Å². The molecule has 2 aromatic carbocycles. The molecule has 6 heteroatoms. The van der Waals surface area contributed by atoms with E-state index in [9.17, 15) is 9.59 Å². The smallest absolute Gasteiger partial charge is 0.251 e. The second-order valence-corrected chi connectivity index (χ2v) is 5.99. The molecular formula is C20H22N2O4. The standard InChI is InChI=1S/C20H22N2O4/c1-2-21-20(24)16-5-3-4-15(10-16)13-22-19(23)12-14-6-7-17-18(11-14)26-9-8-25-17/h3-7,10-11H,2,8-9,12-13H2,1H3,(H,21,24)(H,22,23). The van der Waals surface area contributed by atoms with E-state index in [-0.39, 0.29) is 18.2 Å². The number of fused-ring (bicyclic) bond motifs is 1. The lowest BCUT2D eigenvalue weighted by Gasteiger charge is -2.18. The minimum atomic E-state index is -0.114. The van der Waals surface area contributed by atoms with E-state index in [1.807, 2.05) is 37.3 Å². The SMILES string of the molecule is CCNC(=O)c1cccc(CNC(=O)Cc2ccc3c(c2)OCCO3)c1. The Bertz CT molecular complexity index is 804. The largest absolute Gasteiger partial charge is 0.486 e. The number of amides is 2. The molecule has 1 aliphatic heterocycles. The number of carbonyl (C=O) groups is 2. The normalized spacial score (nSPS) is 12.3. The predicted molar refractivity (Wildman–Crippen MR) is 97.4 cm³/mol. The van der Waals surface area contributed by atoms with Crippen LogP contribution in [-0.4, -0.2) is 31.6 Å². The molecule has 0 atom stereocenters. The Balaban J connectivity index is 1.56. The molecule has 26 heavy (non-hydrogen) atoms. The minimum absolute atomic E-state index is 0.0925. The first kappa shape index (κ1) is 17.8. The van der Waals surface area contributed by atoms with Crippen LogP contribution < -0.4 is 20.1 Å². The van der Waals surface area contributed by atoms with Crippen LogP contribution in [0.4, 0.5) is 0 Å². The van der Waals surface area contributed by atoms with Crippen molar-refractivity contribution in [3.63, 3.8) is 0 Å². The van der Waals surface area contributed by atoms with Crippen LogP contribution in [0, 0.1) is 0 Å². The van der Waals surface area contributed by atoms with Crippen LogP contribution in [0.3, 0.4) is 0 Å². The van der Waals surface area contributed by atoms with Crippen LogP contribution in [-0.2, 0) is 17.8 Å². The topological polar surface area (TPSA) is 76.7 Å². The summed E-state index contributed by atoms with van der Waals surface area (Å²) in [6.45, 7) is 3.89. The molecule has 2 aromatic rings. The highest BCUT2D eigenvalue weighted by molar-refractivity contribution is 5.94. The second-order valence-electron chi connectivity index (χ2n) is 5.99. The third kappa shape index (κ3) is 4.53. The van der Waals surface area contributed by atoms with Crippen molar-refractivity contribution in [1.82, 2.24) is 10.6 Å². The molecule has 0 aliphatic carbocycles. The van der Waals surface area contributed by atoms with Crippen molar-refractivity contribution >= 4 is 11.8 Å². The average Bonchev–Trinajstić information content (AvgIpc) is 2.67. The van der Waals surface area contributed by atoms with Gasteiger partial charge in [-0.25, -0.2) is 0 Å². The minimum Gasteiger partial charge on any atom is -0.486 e. The number of carbonyl (C=O) groups excluding carboxylic acids is 2. The van der Waals surface area contributed by atoms with E-state index in [1.165, 1.54) is 0 Å². The van der Waals surface area contributed by atoms with Crippen molar-refractivity contribution in [3.8, 4) is 11.5 Å². The van der Waals surface area contributed by atoms with Crippen LogP contribution in [0.25, 0.3) is 0 Å². The van der Waals surface area contributed by atoms with Crippen LogP contribution in [0.2, 0.25) is 0 Å². The quantitative estimate of drug-likeness (QED) is 0.833. The molecule has 6 nitrogen and oxygen atoms in total. The summed E-state index contributed by atoms with van der Waals surface area (Å²) in [6, 6.07) is 12.8. The van der Waals surface area contributed by atoms with Crippen molar-refractivity contribution in [2.75, 3.05) is 19.8 Å². The lowest BCUT2D eigenvalue weighted by molar-refractivity contribution is -0.120. The van der Waals surface area contributed by atoms with Gasteiger partial charge in [0, 0.05) is 18.7 Å². The van der Waals surface area contributed by atoms with Gasteiger partial charge in [0.15, 0.2) is 11.5 Å². The van der Waals surface area contributed by atoms with E-state index in [0.29, 0.717) is 43.4 Å². The number of hydrogen-bond acceptors (Lipinski definition) is 4. The van der Waals surface area contributed by atoms with Gasteiger partial charge in [0.1, 0.15) is 13.2 Å². The number of nitrogens with one attached hydrogen (secondary N) is 2. The fraction of sp³-hybridized carbons (Fsp3) is 0.300. The van der Waals surface area contributed by atoms with Gasteiger partial charge in [-0.05, 0) is 42.3 Å². The van der Waals surface area contributed by atoms with Crippen molar-refractivity contribution < 1.29 is 19.1 Å². The number of hydrogen-bond donors (Lipinski definition) is 2. The van der Waals surface area contributed by atoms with Crippen molar-refractivity contribution in [1.29, 1.82) is 0 Å². The Labute approximate surface area is 152 Å². The van der Waals surface area contributed by atoms with E-state index in [4.69, 9.17) is 9.47 Å². The van der Waals surface area contributed by atoms with Gasteiger partial charge in [0.05, 0.1) is 6.42 Å². The van der Waals surface area contributed by atoms with Gasteiger partial charge >= 0.3 is 0 Å². The van der Waals surface area contributed by atoms with E-state index >= 15 is 0 Å². The monoisotopic (exact) mass is 354 g/mol. The highest BCUT2D eigenvalue weighted by Gasteiger charge is 2.13. The van der Waals surface area contributed by atoms with Crippen LogP contribution in [0.1, 0.15) is 28.4 Å². The van der Waals surface area contributed by atoms with Gasteiger partial charge < -0.3 is 20.1 Å². The Morgan fingerprint density at radius 3 is 2.58 bits per heavy atom. The predicted octanol–water partition coefficient (Wildman–Crippen LogP) is 2.07. The van der Waals surface area contributed by atoms with E-state index < -0.39 is 0 Å². The third-order valence-corrected chi connectivity index (χ3v) is 3.99. The molecule has 136 valence electrons. The fourth-order valence-electron chi connectivity index (χ4n) is 2.73. The Hall–Kier alpha value is -3.02. The van der Waals surface area contributed by atoms with Crippen molar-refractivity contribution in [2.45, 2.75) is 19.9 Å². The first-order valence-corrected chi connectivity index (χ1v) is 8.68. The Morgan fingerprint density at radius 2 is 1.77 bits per heavy atom. The molecule has 2 N–H and O–H groups in total. The second kappa shape index (κ2) is 8.38. The summed E-state index contributed by atoms with van der Waals surface area (Å²) in [6.07, 6.45) is 0.257. The Morgan fingerprint density at radius 1 is 0.962 bits per heavy atom. The fourth-order valence-corrected chi connectivity index (χ4v) is 2.73. The van der Waals surface area contributed by atoms with Gasteiger partial charge in [-0.15, -0.1) is 0 Å². The summed E-state index contributed by atoms with van der Waals surface area (Å²) in [5, 5.41) is 5.65. The van der Waals surface area contributed by atoms with Crippen LogP contribution in [0.15, 0.2) is 42.5 Å². The molecule has 0 saturated heterocycles. The summed E-state index contributed by atoms with van der Waals surface area (Å²) in [5.41, 5.74) is 2.33. The summed E-state index contributed by atoms with van der Waals surface area (Å²) in [5.74, 6) is 1.18. The molecule has 0 fully saturated rings. The molecule has 0 unspecified atom stereocenters. The highest BCUT2D eigenvalue weighted by atomic mass is 16.6. The zero-order valence-corrected chi connectivity index (χ0v) is 14.7. The number of ether oxygens (including phenoxy) is 2. The molecule has 1 heterocycles. The molecule has 0 aromatic heterocycles. The maximum Gasteiger partial charge on any atom is 0.251 e. The lowest BCUT2D eigenvalue weighted by Crippen LogP contribution is -2.25. The van der Waals surface area contributed by atoms with Gasteiger partial charge in [-0.1, -0.05) is 18.2 Å². The summed E-state index contributed by atoms with van der Waals surface area (Å²) in [7, 11) is 0. The zero-order valence-electron chi connectivity index (χ0n) is 14.7.